The molecule has 3 heterocycles. The van der Waals surface area contributed by atoms with E-state index >= 15 is 0 Å². The van der Waals surface area contributed by atoms with Crippen LogP contribution in [0.4, 0.5) is 10.6 Å². The second-order valence-electron chi connectivity index (χ2n) is 8.32. The molecule has 1 fully saturated rings. The number of aryl methyl sites for hydroxylation is 2. The lowest BCUT2D eigenvalue weighted by atomic mass is 10.2. The lowest BCUT2D eigenvalue weighted by Crippen LogP contribution is -2.36. The molecule has 3 rings (SSSR count). The molecule has 0 saturated carbocycles. The number of likely N-dealkylation sites (tertiary alicyclic amines) is 1. The van der Waals surface area contributed by atoms with E-state index in [1.54, 1.807) is 11.9 Å². The minimum Gasteiger partial charge on any atom is -0.444 e. The van der Waals surface area contributed by atoms with E-state index in [-0.39, 0.29) is 17.9 Å². The predicted molar refractivity (Wildman–Crippen MR) is 109 cm³/mol. The minimum absolute atomic E-state index is 0.109. The second kappa shape index (κ2) is 7.81. The van der Waals surface area contributed by atoms with E-state index in [1.807, 2.05) is 39.8 Å². The van der Waals surface area contributed by atoms with Crippen molar-refractivity contribution in [1.29, 1.82) is 0 Å². The van der Waals surface area contributed by atoms with Gasteiger partial charge in [0, 0.05) is 38.7 Å². The van der Waals surface area contributed by atoms with Gasteiger partial charge in [-0.05, 0) is 46.2 Å². The highest BCUT2D eigenvalue weighted by atomic mass is 16.6. The van der Waals surface area contributed by atoms with Gasteiger partial charge >= 0.3 is 6.09 Å². The molecular formula is C20H28N6O3. The molecule has 0 radical (unpaired) electrons. The van der Waals surface area contributed by atoms with Crippen LogP contribution >= 0.6 is 0 Å². The van der Waals surface area contributed by atoms with Crippen molar-refractivity contribution in [3.8, 4) is 11.4 Å². The molecule has 0 spiro atoms. The first-order chi connectivity index (χ1) is 13.5. The maximum absolute atomic E-state index is 12.2. The van der Waals surface area contributed by atoms with Gasteiger partial charge in [0.15, 0.2) is 17.4 Å². The van der Waals surface area contributed by atoms with E-state index in [0.717, 1.165) is 23.5 Å². The summed E-state index contributed by atoms with van der Waals surface area (Å²) in [7, 11) is 1.70. The topological polar surface area (TPSA) is 102 Å². The zero-order chi connectivity index (χ0) is 21.3. The molecule has 0 bridgehead atoms. The van der Waals surface area contributed by atoms with Gasteiger partial charge in [-0.2, -0.15) is 5.10 Å². The van der Waals surface area contributed by atoms with E-state index in [2.05, 4.69) is 20.4 Å². The molecule has 0 unspecified atom stereocenters. The zero-order valence-corrected chi connectivity index (χ0v) is 17.8. The first-order valence-electron chi connectivity index (χ1n) is 9.68. The van der Waals surface area contributed by atoms with Gasteiger partial charge in [-0.1, -0.05) is 0 Å². The van der Waals surface area contributed by atoms with Crippen LogP contribution in [0.2, 0.25) is 0 Å². The SMILES string of the molecule is CC(=O)c1nc(-c2ccc(N[C@H]3CCN(C(=O)OC(C)(C)C)C3)nc2C)nn1C. The molecule has 1 N–H and O–H groups in total. The number of hydrogen-bond donors (Lipinski definition) is 1. The van der Waals surface area contributed by atoms with E-state index in [1.165, 1.54) is 11.6 Å². The number of nitrogens with one attached hydrogen (secondary N) is 1. The van der Waals surface area contributed by atoms with Crippen molar-refractivity contribution in [2.24, 2.45) is 7.05 Å². The molecule has 0 aromatic carbocycles. The fourth-order valence-corrected chi connectivity index (χ4v) is 3.26. The summed E-state index contributed by atoms with van der Waals surface area (Å²) >= 11 is 0. The highest BCUT2D eigenvalue weighted by Gasteiger charge is 2.30. The number of ether oxygens (including phenoxy) is 1. The summed E-state index contributed by atoms with van der Waals surface area (Å²) in [4.78, 5) is 34.5. The van der Waals surface area contributed by atoms with Gasteiger partial charge in [0.1, 0.15) is 11.4 Å². The van der Waals surface area contributed by atoms with Crippen molar-refractivity contribution in [1.82, 2.24) is 24.6 Å². The first kappa shape index (κ1) is 20.8. The molecule has 9 nitrogen and oxygen atoms in total. The van der Waals surface area contributed by atoms with Gasteiger partial charge in [0.25, 0.3) is 0 Å². The van der Waals surface area contributed by atoms with Crippen molar-refractivity contribution in [2.45, 2.75) is 52.7 Å². The Morgan fingerprint density at radius 2 is 1.97 bits per heavy atom. The lowest BCUT2D eigenvalue weighted by molar-refractivity contribution is 0.0293. The Labute approximate surface area is 170 Å². The van der Waals surface area contributed by atoms with Crippen molar-refractivity contribution in [3.05, 3.63) is 23.7 Å². The van der Waals surface area contributed by atoms with Crippen LogP contribution in [0.25, 0.3) is 11.4 Å². The number of carbonyl (C=O) groups excluding carboxylic acids is 2. The molecule has 1 aliphatic rings. The third-order valence-corrected chi connectivity index (χ3v) is 4.60. The Bertz CT molecular complexity index is 931. The number of amides is 1. The summed E-state index contributed by atoms with van der Waals surface area (Å²) in [6.45, 7) is 10.2. The Morgan fingerprint density at radius 1 is 1.24 bits per heavy atom. The van der Waals surface area contributed by atoms with Crippen LogP contribution in [-0.2, 0) is 11.8 Å². The van der Waals surface area contributed by atoms with E-state index < -0.39 is 5.60 Å². The van der Waals surface area contributed by atoms with E-state index in [0.29, 0.717) is 24.7 Å². The van der Waals surface area contributed by atoms with Crippen LogP contribution in [0, 0.1) is 6.92 Å². The molecule has 9 heteroatoms. The predicted octanol–water partition coefficient (Wildman–Crippen LogP) is 2.81. The number of aromatic nitrogens is 4. The molecule has 29 heavy (non-hydrogen) atoms. The summed E-state index contributed by atoms with van der Waals surface area (Å²) in [5, 5.41) is 7.70. The fraction of sp³-hybridized carbons (Fsp3) is 0.550. The van der Waals surface area contributed by atoms with Crippen molar-refractivity contribution >= 4 is 17.7 Å². The minimum atomic E-state index is -0.501. The van der Waals surface area contributed by atoms with Gasteiger partial charge in [-0.15, -0.1) is 0 Å². The van der Waals surface area contributed by atoms with Crippen LogP contribution in [-0.4, -0.2) is 61.3 Å². The van der Waals surface area contributed by atoms with Gasteiger partial charge in [0.2, 0.25) is 0 Å². The van der Waals surface area contributed by atoms with Crippen molar-refractivity contribution in [2.75, 3.05) is 18.4 Å². The number of rotatable bonds is 4. The Kier molecular flexibility index (Phi) is 5.59. The smallest absolute Gasteiger partial charge is 0.410 e. The number of carbonyl (C=O) groups is 2. The molecular weight excluding hydrogens is 372 g/mol. The van der Waals surface area contributed by atoms with Crippen LogP contribution in [0.5, 0.6) is 0 Å². The monoisotopic (exact) mass is 400 g/mol. The quantitative estimate of drug-likeness (QED) is 0.787. The number of pyridine rings is 1. The maximum atomic E-state index is 12.2. The van der Waals surface area contributed by atoms with Gasteiger partial charge in [-0.25, -0.2) is 19.4 Å². The number of nitrogens with zero attached hydrogens (tertiary/aromatic N) is 5. The molecule has 1 saturated heterocycles. The molecule has 0 aliphatic carbocycles. The number of ketones is 1. The molecule has 2 aromatic rings. The second-order valence-corrected chi connectivity index (χ2v) is 8.32. The normalized spacial score (nSPS) is 16.8. The van der Waals surface area contributed by atoms with Crippen LogP contribution in [0.15, 0.2) is 12.1 Å². The Hall–Kier alpha value is -2.97. The highest BCUT2D eigenvalue weighted by Crippen LogP contribution is 2.23. The van der Waals surface area contributed by atoms with Gasteiger partial charge < -0.3 is 15.0 Å². The summed E-state index contributed by atoms with van der Waals surface area (Å²) in [5.41, 5.74) is 1.04. The van der Waals surface area contributed by atoms with E-state index in [4.69, 9.17) is 4.74 Å². The summed E-state index contributed by atoms with van der Waals surface area (Å²) in [5.74, 6) is 1.39. The number of hydrogen-bond acceptors (Lipinski definition) is 7. The molecule has 1 amide bonds. The summed E-state index contributed by atoms with van der Waals surface area (Å²) < 4.78 is 6.92. The van der Waals surface area contributed by atoms with Gasteiger partial charge in [-0.3, -0.25) is 4.79 Å². The van der Waals surface area contributed by atoms with Crippen LogP contribution in [0.1, 0.15) is 50.4 Å². The van der Waals surface area contributed by atoms with Crippen LogP contribution in [0.3, 0.4) is 0 Å². The Balaban J connectivity index is 1.66. The zero-order valence-electron chi connectivity index (χ0n) is 17.8. The number of anilines is 1. The maximum Gasteiger partial charge on any atom is 0.410 e. The van der Waals surface area contributed by atoms with Gasteiger partial charge in [0.05, 0.1) is 5.69 Å². The molecule has 2 aromatic heterocycles. The number of Topliss-reactive ketones (excluding diaryl/α,β-unsaturated/α-hetero) is 1. The largest absolute Gasteiger partial charge is 0.444 e. The summed E-state index contributed by atoms with van der Waals surface area (Å²) in [6.07, 6.45) is 0.537. The molecule has 1 atom stereocenters. The highest BCUT2D eigenvalue weighted by molar-refractivity contribution is 5.91. The first-order valence-corrected chi connectivity index (χ1v) is 9.68. The van der Waals surface area contributed by atoms with E-state index in [9.17, 15) is 9.59 Å². The third-order valence-electron chi connectivity index (χ3n) is 4.60. The standard InChI is InChI=1S/C20H28N6O3/c1-12-15(17-23-18(13(2)27)25(6)24-17)7-8-16(21-12)22-14-9-10-26(11-14)19(28)29-20(3,4)5/h7-8,14H,9-11H2,1-6H3,(H,21,22)/t14-/m0/s1. The van der Waals surface area contributed by atoms with Crippen molar-refractivity contribution < 1.29 is 14.3 Å². The molecule has 1 aliphatic heterocycles. The average molecular weight is 400 g/mol. The average Bonchev–Trinajstić information content (AvgIpc) is 3.20. The lowest BCUT2D eigenvalue weighted by Gasteiger charge is -2.24. The van der Waals surface area contributed by atoms with Crippen molar-refractivity contribution in [3.63, 3.8) is 0 Å². The Morgan fingerprint density at radius 3 is 2.55 bits per heavy atom. The third kappa shape index (κ3) is 4.90. The molecule has 156 valence electrons. The fourth-order valence-electron chi connectivity index (χ4n) is 3.26. The summed E-state index contributed by atoms with van der Waals surface area (Å²) in [6, 6.07) is 3.87. The van der Waals surface area contributed by atoms with Crippen LogP contribution < -0.4 is 5.32 Å².